The van der Waals surface area contributed by atoms with Gasteiger partial charge in [0.05, 0.1) is 0 Å². The van der Waals surface area contributed by atoms with Crippen LogP contribution in [0.1, 0.15) is 30.9 Å². The van der Waals surface area contributed by atoms with Gasteiger partial charge in [-0.05, 0) is 45.4 Å². The van der Waals surface area contributed by atoms with Crippen molar-refractivity contribution in [1.29, 1.82) is 0 Å². The number of rotatable bonds is 4. The van der Waals surface area contributed by atoms with Crippen LogP contribution in [-0.2, 0) is 6.54 Å². The van der Waals surface area contributed by atoms with Crippen molar-refractivity contribution in [2.75, 3.05) is 10.6 Å². The van der Waals surface area contributed by atoms with Gasteiger partial charge in [0.1, 0.15) is 11.6 Å². The minimum absolute atomic E-state index is 0.352. The second-order valence-electron chi connectivity index (χ2n) is 5.38. The van der Waals surface area contributed by atoms with Gasteiger partial charge in [-0.1, -0.05) is 12.1 Å². The molecular formula is C16H22N4. The van der Waals surface area contributed by atoms with E-state index in [0.29, 0.717) is 6.04 Å². The van der Waals surface area contributed by atoms with Crippen LogP contribution in [0.2, 0.25) is 0 Å². The molecule has 0 bridgehead atoms. The first-order chi connectivity index (χ1) is 9.45. The molecule has 0 fully saturated rings. The smallest absolute Gasteiger partial charge is 0.133 e. The SMILES string of the molecule is Cc1cc(N(Cc2cccc(N)c2)C(C)C)nc(C)n1. The molecule has 0 aliphatic carbocycles. The van der Waals surface area contributed by atoms with E-state index in [1.54, 1.807) is 0 Å². The number of anilines is 2. The van der Waals surface area contributed by atoms with Gasteiger partial charge in [-0.25, -0.2) is 9.97 Å². The summed E-state index contributed by atoms with van der Waals surface area (Å²) in [6, 6.07) is 10.4. The Labute approximate surface area is 120 Å². The molecule has 0 unspecified atom stereocenters. The van der Waals surface area contributed by atoms with Crippen molar-refractivity contribution >= 4 is 11.5 Å². The number of benzene rings is 1. The summed E-state index contributed by atoms with van der Waals surface area (Å²) in [7, 11) is 0. The van der Waals surface area contributed by atoms with Crippen LogP contribution in [0.25, 0.3) is 0 Å². The van der Waals surface area contributed by atoms with E-state index in [1.807, 2.05) is 38.1 Å². The molecule has 2 rings (SSSR count). The molecule has 1 heterocycles. The molecule has 1 aromatic carbocycles. The van der Waals surface area contributed by atoms with Gasteiger partial charge in [0.25, 0.3) is 0 Å². The van der Waals surface area contributed by atoms with Gasteiger partial charge in [-0.2, -0.15) is 0 Å². The highest BCUT2D eigenvalue weighted by molar-refractivity contribution is 5.45. The predicted molar refractivity (Wildman–Crippen MR) is 83.7 cm³/mol. The van der Waals surface area contributed by atoms with Gasteiger partial charge in [0.2, 0.25) is 0 Å². The van der Waals surface area contributed by atoms with Crippen LogP contribution in [0, 0.1) is 13.8 Å². The molecule has 0 atom stereocenters. The molecule has 4 nitrogen and oxygen atoms in total. The number of hydrogen-bond acceptors (Lipinski definition) is 4. The van der Waals surface area contributed by atoms with Crippen molar-refractivity contribution < 1.29 is 0 Å². The first kappa shape index (κ1) is 14.3. The number of nitrogens with zero attached hydrogens (tertiary/aromatic N) is 3. The summed E-state index contributed by atoms with van der Waals surface area (Å²) >= 11 is 0. The molecule has 2 aromatic rings. The van der Waals surface area contributed by atoms with Crippen molar-refractivity contribution in [2.45, 2.75) is 40.3 Å². The van der Waals surface area contributed by atoms with Crippen molar-refractivity contribution in [3.8, 4) is 0 Å². The van der Waals surface area contributed by atoms with Crippen molar-refractivity contribution in [3.05, 3.63) is 47.4 Å². The van der Waals surface area contributed by atoms with Crippen LogP contribution in [0.4, 0.5) is 11.5 Å². The largest absolute Gasteiger partial charge is 0.399 e. The Morgan fingerprint density at radius 1 is 1.15 bits per heavy atom. The van der Waals surface area contributed by atoms with Crippen LogP contribution in [-0.4, -0.2) is 16.0 Å². The van der Waals surface area contributed by atoms with E-state index in [0.717, 1.165) is 29.6 Å². The molecule has 0 spiro atoms. The maximum atomic E-state index is 5.85. The molecule has 106 valence electrons. The number of nitrogen functional groups attached to an aromatic ring is 1. The summed E-state index contributed by atoms with van der Waals surface area (Å²) in [4.78, 5) is 11.2. The number of nitrogens with two attached hydrogens (primary N) is 1. The zero-order chi connectivity index (χ0) is 14.7. The third-order valence-electron chi connectivity index (χ3n) is 3.17. The van der Waals surface area contributed by atoms with E-state index in [-0.39, 0.29) is 0 Å². The maximum Gasteiger partial charge on any atom is 0.133 e. The Balaban J connectivity index is 2.31. The van der Waals surface area contributed by atoms with Crippen LogP contribution in [0.15, 0.2) is 30.3 Å². The minimum Gasteiger partial charge on any atom is -0.399 e. The third-order valence-corrected chi connectivity index (χ3v) is 3.17. The van der Waals surface area contributed by atoms with Gasteiger partial charge in [-0.3, -0.25) is 0 Å². The summed E-state index contributed by atoms with van der Waals surface area (Å²) in [5.41, 5.74) is 8.83. The predicted octanol–water partition coefficient (Wildman–Crippen LogP) is 3.09. The number of aryl methyl sites for hydroxylation is 2. The fraction of sp³-hybridized carbons (Fsp3) is 0.375. The summed E-state index contributed by atoms with van der Waals surface area (Å²) in [6.07, 6.45) is 0. The molecule has 1 aromatic heterocycles. The molecule has 0 aliphatic heterocycles. The van der Waals surface area contributed by atoms with Gasteiger partial charge in [0.15, 0.2) is 0 Å². The quantitative estimate of drug-likeness (QED) is 0.867. The Bertz CT molecular complexity index is 573. The summed E-state index contributed by atoms with van der Waals surface area (Å²) in [6.45, 7) is 9.05. The first-order valence-electron chi connectivity index (χ1n) is 6.89. The van der Waals surface area contributed by atoms with Crippen LogP contribution in [0.3, 0.4) is 0 Å². The summed E-state index contributed by atoms with van der Waals surface area (Å²) in [5.74, 6) is 1.77. The first-order valence-corrected chi connectivity index (χ1v) is 6.89. The molecule has 0 aliphatic rings. The molecule has 0 radical (unpaired) electrons. The molecular weight excluding hydrogens is 248 g/mol. The lowest BCUT2D eigenvalue weighted by Gasteiger charge is -2.28. The Kier molecular flexibility index (Phi) is 4.23. The molecule has 2 N–H and O–H groups in total. The standard InChI is InChI=1S/C16H22N4/c1-11(2)20(10-14-6-5-7-15(17)9-14)16-8-12(3)18-13(4)19-16/h5-9,11H,10,17H2,1-4H3. The zero-order valence-corrected chi connectivity index (χ0v) is 12.6. The van der Waals surface area contributed by atoms with E-state index < -0.39 is 0 Å². The van der Waals surface area contributed by atoms with E-state index >= 15 is 0 Å². The summed E-state index contributed by atoms with van der Waals surface area (Å²) in [5, 5.41) is 0. The monoisotopic (exact) mass is 270 g/mol. The van der Waals surface area contributed by atoms with Gasteiger partial charge in [0, 0.05) is 30.0 Å². The number of hydrogen-bond donors (Lipinski definition) is 1. The topological polar surface area (TPSA) is 55.0 Å². The Morgan fingerprint density at radius 3 is 2.50 bits per heavy atom. The van der Waals surface area contributed by atoms with Gasteiger partial charge in [-0.15, -0.1) is 0 Å². The third kappa shape index (κ3) is 3.47. The lowest BCUT2D eigenvalue weighted by molar-refractivity contribution is 0.668. The molecule has 4 heteroatoms. The number of aromatic nitrogens is 2. The normalized spacial score (nSPS) is 10.8. The molecule has 0 saturated heterocycles. The van der Waals surface area contributed by atoms with Crippen LogP contribution < -0.4 is 10.6 Å². The van der Waals surface area contributed by atoms with Gasteiger partial charge < -0.3 is 10.6 Å². The van der Waals surface area contributed by atoms with Crippen LogP contribution in [0.5, 0.6) is 0 Å². The second kappa shape index (κ2) is 5.90. The Hall–Kier alpha value is -2.10. The zero-order valence-electron chi connectivity index (χ0n) is 12.6. The minimum atomic E-state index is 0.352. The van der Waals surface area contributed by atoms with Crippen molar-refractivity contribution in [2.24, 2.45) is 0 Å². The Morgan fingerprint density at radius 2 is 1.90 bits per heavy atom. The van der Waals surface area contributed by atoms with Gasteiger partial charge >= 0.3 is 0 Å². The summed E-state index contributed by atoms with van der Waals surface area (Å²) < 4.78 is 0. The van der Waals surface area contributed by atoms with Crippen LogP contribution >= 0.6 is 0 Å². The van der Waals surface area contributed by atoms with Crippen molar-refractivity contribution in [3.63, 3.8) is 0 Å². The maximum absolute atomic E-state index is 5.85. The highest BCUT2D eigenvalue weighted by atomic mass is 15.2. The van der Waals surface area contributed by atoms with E-state index in [4.69, 9.17) is 5.73 Å². The highest BCUT2D eigenvalue weighted by Gasteiger charge is 2.14. The highest BCUT2D eigenvalue weighted by Crippen LogP contribution is 2.19. The van der Waals surface area contributed by atoms with Crippen molar-refractivity contribution in [1.82, 2.24) is 9.97 Å². The molecule has 0 saturated carbocycles. The second-order valence-corrected chi connectivity index (χ2v) is 5.38. The molecule has 20 heavy (non-hydrogen) atoms. The fourth-order valence-corrected chi connectivity index (χ4v) is 2.26. The average molecular weight is 270 g/mol. The fourth-order valence-electron chi connectivity index (χ4n) is 2.26. The lowest BCUT2D eigenvalue weighted by atomic mass is 10.1. The van der Waals surface area contributed by atoms with E-state index in [9.17, 15) is 0 Å². The average Bonchev–Trinajstić information content (AvgIpc) is 2.34. The lowest BCUT2D eigenvalue weighted by Crippen LogP contribution is -2.31. The van der Waals surface area contributed by atoms with E-state index in [2.05, 4.69) is 34.8 Å². The molecule has 0 amide bonds. The van der Waals surface area contributed by atoms with E-state index in [1.165, 1.54) is 5.56 Å².